The Morgan fingerprint density at radius 2 is 0.537 bits per heavy atom. The van der Waals surface area contributed by atoms with Gasteiger partial charge in [-0.2, -0.15) is 0 Å². The van der Waals surface area contributed by atoms with E-state index in [-0.39, 0.29) is 11.8 Å². The van der Waals surface area contributed by atoms with Crippen molar-refractivity contribution in [1.29, 1.82) is 0 Å². The largest absolute Gasteiger partial charge is 0.456 e. The molecule has 2 atom stereocenters. The normalized spacial score (nSPS) is 14.1. The highest BCUT2D eigenvalue weighted by Crippen LogP contribution is 2.57. The molecule has 3 aliphatic carbocycles. The number of aromatic nitrogens is 4. The van der Waals surface area contributed by atoms with Crippen LogP contribution in [0.15, 0.2) is 276 Å². The summed E-state index contributed by atoms with van der Waals surface area (Å²) in [4.78, 5) is 21.1. The van der Waals surface area contributed by atoms with Gasteiger partial charge in [0.1, 0.15) is 22.3 Å². The molecular formula is C76H46N4O2. The molecule has 0 spiro atoms. The van der Waals surface area contributed by atoms with E-state index < -0.39 is 0 Å². The molecule has 82 heavy (non-hydrogen) atoms. The molecule has 0 aliphatic heterocycles. The number of benzene rings is 11. The van der Waals surface area contributed by atoms with Crippen molar-refractivity contribution in [2.45, 2.75) is 11.8 Å². The van der Waals surface area contributed by atoms with Crippen LogP contribution in [0, 0.1) is 0 Å². The molecule has 6 nitrogen and oxygen atoms in total. The summed E-state index contributed by atoms with van der Waals surface area (Å²) in [5, 5.41) is 4.47. The first-order chi connectivity index (χ1) is 40.6. The first-order valence-corrected chi connectivity index (χ1v) is 27.9. The van der Waals surface area contributed by atoms with Crippen molar-refractivity contribution in [3.05, 3.63) is 300 Å². The van der Waals surface area contributed by atoms with Crippen LogP contribution in [0.25, 0.3) is 134 Å². The average Bonchev–Trinajstić information content (AvgIpc) is 2.37. The molecule has 11 aromatic carbocycles. The summed E-state index contributed by atoms with van der Waals surface area (Å²) in [5.74, 6) is 1.45. The highest BCUT2D eigenvalue weighted by atomic mass is 16.3. The van der Waals surface area contributed by atoms with Gasteiger partial charge in [-0.15, -0.1) is 0 Å². The van der Waals surface area contributed by atoms with Gasteiger partial charge < -0.3 is 8.83 Å². The Balaban J connectivity index is 0.730. The molecule has 4 heterocycles. The zero-order valence-electron chi connectivity index (χ0n) is 44.2. The van der Waals surface area contributed by atoms with Gasteiger partial charge in [0, 0.05) is 66.8 Å². The van der Waals surface area contributed by atoms with E-state index in [9.17, 15) is 0 Å². The molecule has 6 heteroatoms. The fourth-order valence-electron chi connectivity index (χ4n) is 12.9. The van der Waals surface area contributed by atoms with Crippen molar-refractivity contribution in [2.75, 3.05) is 0 Å². The third-order valence-corrected chi connectivity index (χ3v) is 16.9. The van der Waals surface area contributed by atoms with Crippen molar-refractivity contribution in [1.82, 2.24) is 19.9 Å². The Kier molecular flexibility index (Phi) is 10.3. The molecular weight excluding hydrogens is 1000 g/mol. The zero-order valence-corrected chi connectivity index (χ0v) is 44.2. The molecule has 0 N–H and O–H groups in total. The van der Waals surface area contributed by atoms with E-state index in [1.807, 2.05) is 60.7 Å². The van der Waals surface area contributed by atoms with Gasteiger partial charge in [-0.25, -0.2) is 19.9 Å². The second-order valence-electron chi connectivity index (χ2n) is 21.6. The summed E-state index contributed by atoms with van der Waals surface area (Å²) in [6, 6.07) is 94.7. The molecule has 0 fully saturated rings. The molecule has 2 bridgehead atoms. The number of furan rings is 2. The highest BCUT2D eigenvalue weighted by Gasteiger charge is 2.41. The summed E-state index contributed by atoms with van der Waals surface area (Å²) in [7, 11) is 0. The van der Waals surface area contributed by atoms with Crippen LogP contribution in [0.1, 0.15) is 45.2 Å². The molecule has 0 saturated heterocycles. The lowest BCUT2D eigenvalue weighted by molar-refractivity contribution is 0.668. The maximum absolute atomic E-state index is 6.14. The highest BCUT2D eigenvalue weighted by molar-refractivity contribution is 6.07. The third-order valence-electron chi connectivity index (χ3n) is 16.9. The lowest BCUT2D eigenvalue weighted by atomic mass is 9.60. The summed E-state index contributed by atoms with van der Waals surface area (Å²) in [6.07, 6.45) is 0. The standard InChI is InChI=1S/C76H46N4O2/c1-3-13-49(14-4-1)75-77-65(47-27-23-45(24-28-47)51-33-37-71-61(39-51)55-17-9-11-21-69(55)81-71)43-67(79-75)53-31-35-59-63(41-53)73-57-19-7-8-20-58(57)74(59)64-42-54(32-36-60(64)73)68-44-66(78-76(80-68)50-15-5-2-6-16-50)48-29-25-46(26-30-48)52-34-38-72-62(40-52)56-18-10-12-22-70(56)82-72/h1-44,73-74H. The zero-order chi connectivity index (χ0) is 53.8. The number of fused-ring (bicyclic) bond motifs is 6. The first kappa shape index (κ1) is 46.1. The second-order valence-corrected chi connectivity index (χ2v) is 21.6. The Morgan fingerprint density at radius 3 is 0.976 bits per heavy atom. The number of hydrogen-bond acceptors (Lipinski definition) is 6. The lowest BCUT2D eigenvalue weighted by Crippen LogP contribution is -2.27. The van der Waals surface area contributed by atoms with E-state index >= 15 is 0 Å². The quantitative estimate of drug-likeness (QED) is 0.151. The van der Waals surface area contributed by atoms with E-state index in [2.05, 4.69) is 206 Å². The summed E-state index contributed by atoms with van der Waals surface area (Å²) in [6.45, 7) is 0. The van der Waals surface area contributed by atoms with Crippen molar-refractivity contribution in [3.8, 4) is 90.1 Å². The molecule has 0 radical (unpaired) electrons. The van der Waals surface area contributed by atoms with Gasteiger partial charge in [-0.3, -0.25) is 0 Å². The third kappa shape index (κ3) is 7.56. The topological polar surface area (TPSA) is 77.8 Å². The molecule has 15 aromatic rings. The minimum atomic E-state index is 0.0363. The van der Waals surface area contributed by atoms with E-state index in [0.717, 1.165) is 122 Å². The van der Waals surface area contributed by atoms with Gasteiger partial charge in [-0.1, -0.05) is 206 Å². The Bertz CT molecular complexity index is 4720. The molecule has 18 rings (SSSR count). The van der Waals surface area contributed by atoms with Gasteiger partial charge in [-0.05, 0) is 116 Å². The first-order valence-electron chi connectivity index (χ1n) is 27.9. The Labute approximate surface area is 472 Å². The van der Waals surface area contributed by atoms with Crippen LogP contribution in [-0.4, -0.2) is 19.9 Å². The predicted molar refractivity (Wildman–Crippen MR) is 330 cm³/mol. The number of nitrogens with zero attached hydrogens (tertiary/aromatic N) is 4. The van der Waals surface area contributed by atoms with Crippen LogP contribution in [0.3, 0.4) is 0 Å². The molecule has 382 valence electrons. The number of rotatable bonds is 8. The van der Waals surface area contributed by atoms with Gasteiger partial charge >= 0.3 is 0 Å². The van der Waals surface area contributed by atoms with Gasteiger partial charge in [0.25, 0.3) is 0 Å². The van der Waals surface area contributed by atoms with E-state index in [1.54, 1.807) is 0 Å². The van der Waals surface area contributed by atoms with Crippen LogP contribution in [-0.2, 0) is 0 Å². The fraction of sp³-hybridized carbons (Fsp3) is 0.0263. The molecule has 0 saturated carbocycles. The van der Waals surface area contributed by atoms with E-state index in [4.69, 9.17) is 28.8 Å². The van der Waals surface area contributed by atoms with Gasteiger partial charge in [0.15, 0.2) is 11.6 Å². The molecule has 4 aromatic heterocycles. The van der Waals surface area contributed by atoms with E-state index in [0.29, 0.717) is 11.6 Å². The monoisotopic (exact) mass is 1050 g/mol. The van der Waals surface area contributed by atoms with Crippen molar-refractivity contribution >= 4 is 43.9 Å². The molecule has 2 unspecified atom stereocenters. The van der Waals surface area contributed by atoms with Crippen LogP contribution in [0.2, 0.25) is 0 Å². The Morgan fingerprint density at radius 1 is 0.207 bits per heavy atom. The molecule has 3 aliphatic rings. The maximum atomic E-state index is 6.14. The van der Waals surface area contributed by atoms with Gasteiger partial charge in [0.2, 0.25) is 0 Å². The average molecular weight is 1050 g/mol. The summed E-state index contributed by atoms with van der Waals surface area (Å²) < 4.78 is 12.3. The number of para-hydroxylation sites is 2. The van der Waals surface area contributed by atoms with Gasteiger partial charge in [0.05, 0.1) is 22.8 Å². The lowest BCUT2D eigenvalue weighted by Gasteiger charge is -2.42. The van der Waals surface area contributed by atoms with Crippen LogP contribution < -0.4 is 0 Å². The fourth-order valence-corrected chi connectivity index (χ4v) is 12.9. The number of hydrogen-bond donors (Lipinski definition) is 0. The summed E-state index contributed by atoms with van der Waals surface area (Å²) in [5.41, 5.74) is 25.7. The summed E-state index contributed by atoms with van der Waals surface area (Å²) >= 11 is 0. The predicted octanol–water partition coefficient (Wildman–Crippen LogP) is 19.4. The van der Waals surface area contributed by atoms with Crippen molar-refractivity contribution in [3.63, 3.8) is 0 Å². The maximum Gasteiger partial charge on any atom is 0.160 e. The van der Waals surface area contributed by atoms with Crippen LogP contribution >= 0.6 is 0 Å². The Hall–Kier alpha value is -10.8. The van der Waals surface area contributed by atoms with Crippen LogP contribution in [0.4, 0.5) is 0 Å². The van der Waals surface area contributed by atoms with Crippen molar-refractivity contribution < 1.29 is 8.83 Å². The second kappa shape index (κ2) is 18.4. The van der Waals surface area contributed by atoms with Crippen LogP contribution in [0.5, 0.6) is 0 Å². The van der Waals surface area contributed by atoms with E-state index in [1.165, 1.54) is 33.4 Å². The minimum Gasteiger partial charge on any atom is -0.456 e. The van der Waals surface area contributed by atoms with Crippen molar-refractivity contribution in [2.24, 2.45) is 0 Å². The smallest absolute Gasteiger partial charge is 0.160 e. The minimum absolute atomic E-state index is 0.0363. The molecule has 0 amide bonds. The SMILES string of the molecule is c1ccc(-c2nc(-c3ccc(-c4ccc5oc6ccccc6c5c4)cc3)cc(-c3ccc4c(c3)C3c5ccccc5C4c4cc(-c5cc(-c6ccc(-c7ccc8oc9ccccc9c8c7)cc6)nc(-c6ccccc6)n5)ccc43)n2)cc1.